The van der Waals surface area contributed by atoms with E-state index in [1.54, 1.807) is 0 Å². The van der Waals surface area contributed by atoms with Crippen molar-refractivity contribution in [3.63, 3.8) is 0 Å². The lowest BCUT2D eigenvalue weighted by atomic mass is 9.96. The van der Waals surface area contributed by atoms with Crippen molar-refractivity contribution in [3.8, 4) is 0 Å². The van der Waals surface area contributed by atoms with Gasteiger partial charge in [0.2, 0.25) is 0 Å². The molecule has 0 saturated carbocycles. The van der Waals surface area contributed by atoms with Gasteiger partial charge in [0.1, 0.15) is 5.01 Å². The lowest BCUT2D eigenvalue weighted by Crippen LogP contribution is -2.26. The van der Waals surface area contributed by atoms with Gasteiger partial charge in [-0.05, 0) is 62.4 Å². The number of hydrogen-bond donors (Lipinski definition) is 0. The van der Waals surface area contributed by atoms with Crippen LogP contribution in [-0.2, 0) is 0 Å². The molecule has 0 bridgehead atoms. The van der Waals surface area contributed by atoms with E-state index >= 15 is 0 Å². The maximum atomic E-state index is 4.97. The van der Waals surface area contributed by atoms with Gasteiger partial charge in [0.05, 0.1) is 10.2 Å². The Morgan fingerprint density at radius 2 is 2.12 bits per heavy atom. The van der Waals surface area contributed by atoms with E-state index in [4.69, 9.17) is 9.98 Å². The number of hydrogen-bond acceptors (Lipinski definition) is 4. The summed E-state index contributed by atoms with van der Waals surface area (Å²) in [6.07, 6.45) is 3.46. The molecule has 0 fully saturated rings. The highest BCUT2D eigenvalue weighted by atomic mass is 32.1. The third-order valence-corrected chi connectivity index (χ3v) is 6.31. The maximum Gasteiger partial charge on any atom is 0.120 e. The minimum Gasteiger partial charge on any atom is -0.302 e. The smallest absolute Gasteiger partial charge is 0.120 e. The highest BCUT2D eigenvalue weighted by Gasteiger charge is 2.19. The molecule has 0 amide bonds. The second-order valence-corrected chi connectivity index (χ2v) is 8.41. The van der Waals surface area contributed by atoms with Gasteiger partial charge >= 0.3 is 0 Å². The van der Waals surface area contributed by atoms with Crippen molar-refractivity contribution in [2.75, 3.05) is 26.7 Å². The number of thiazole rings is 1. The van der Waals surface area contributed by atoms with Crippen LogP contribution in [0, 0.1) is 5.92 Å². The molecule has 1 aromatic heterocycles. The van der Waals surface area contributed by atoms with Gasteiger partial charge in [0, 0.05) is 25.3 Å². The quantitative estimate of drug-likeness (QED) is 0.798. The molecule has 0 aliphatic carbocycles. The zero-order valence-corrected chi connectivity index (χ0v) is 15.6. The van der Waals surface area contributed by atoms with Crippen LogP contribution < -0.4 is 0 Å². The Kier molecular flexibility index (Phi) is 4.27. The monoisotopic (exact) mass is 339 g/mol. The van der Waals surface area contributed by atoms with Crippen LogP contribution in [0.25, 0.3) is 15.8 Å². The molecule has 3 heterocycles. The predicted molar refractivity (Wildman–Crippen MR) is 104 cm³/mol. The van der Waals surface area contributed by atoms with Crippen molar-refractivity contribution in [3.05, 3.63) is 34.3 Å². The summed E-state index contributed by atoms with van der Waals surface area (Å²) in [4.78, 5) is 12.1. The van der Waals surface area contributed by atoms with Crippen molar-refractivity contribution in [1.29, 1.82) is 0 Å². The first-order chi connectivity index (χ1) is 11.6. The number of benzene rings is 1. The Bertz CT molecular complexity index is 831. The SMILES string of the molecule is CC1=C(c2nc3cc(C4=NCC(C)CC4)ccc3s2)CCN(C)C1. The summed E-state index contributed by atoms with van der Waals surface area (Å²) in [5.41, 5.74) is 6.58. The standard InChI is InChI=1S/C20H25N3S/c1-13-4-6-17(21-11-13)15-5-7-19-18(10-15)22-20(24-19)16-8-9-23(3)12-14(16)2/h5,7,10,13H,4,6,8-9,11-12H2,1-3H3. The van der Waals surface area contributed by atoms with Crippen molar-refractivity contribution >= 4 is 32.8 Å². The molecule has 0 saturated heterocycles. The van der Waals surface area contributed by atoms with Crippen LogP contribution >= 0.6 is 11.3 Å². The Labute approximate surface area is 148 Å². The van der Waals surface area contributed by atoms with E-state index in [0.717, 1.165) is 43.9 Å². The zero-order valence-electron chi connectivity index (χ0n) is 14.8. The topological polar surface area (TPSA) is 28.5 Å². The largest absolute Gasteiger partial charge is 0.302 e. The summed E-state index contributed by atoms with van der Waals surface area (Å²) in [6, 6.07) is 6.71. The summed E-state index contributed by atoms with van der Waals surface area (Å²) in [5, 5.41) is 1.21. The minimum atomic E-state index is 0.725. The first kappa shape index (κ1) is 16.0. The molecule has 1 atom stereocenters. The van der Waals surface area contributed by atoms with E-state index in [2.05, 4.69) is 44.0 Å². The van der Waals surface area contributed by atoms with Gasteiger partial charge in [-0.15, -0.1) is 11.3 Å². The van der Waals surface area contributed by atoms with E-state index in [9.17, 15) is 0 Å². The van der Waals surface area contributed by atoms with Gasteiger partial charge in [0.25, 0.3) is 0 Å². The average molecular weight is 340 g/mol. The summed E-state index contributed by atoms with van der Waals surface area (Å²) in [7, 11) is 2.19. The fraction of sp³-hybridized carbons (Fsp3) is 0.500. The third-order valence-electron chi connectivity index (χ3n) is 5.21. The molecule has 0 radical (unpaired) electrons. The Hall–Kier alpha value is -1.52. The van der Waals surface area contributed by atoms with Crippen molar-refractivity contribution in [2.24, 2.45) is 10.9 Å². The van der Waals surface area contributed by atoms with Gasteiger partial charge in [-0.25, -0.2) is 4.98 Å². The van der Waals surface area contributed by atoms with Crippen LogP contribution in [0.1, 0.15) is 43.7 Å². The van der Waals surface area contributed by atoms with Crippen molar-refractivity contribution in [2.45, 2.75) is 33.1 Å². The van der Waals surface area contributed by atoms with Crippen LogP contribution in [-0.4, -0.2) is 42.3 Å². The Morgan fingerprint density at radius 3 is 2.88 bits per heavy atom. The van der Waals surface area contributed by atoms with Crippen LogP contribution in [0.4, 0.5) is 0 Å². The Morgan fingerprint density at radius 1 is 1.25 bits per heavy atom. The molecule has 4 rings (SSSR count). The summed E-state index contributed by atoms with van der Waals surface area (Å²) in [6.45, 7) is 7.69. The third kappa shape index (κ3) is 3.05. The highest BCUT2D eigenvalue weighted by Crippen LogP contribution is 2.33. The van der Waals surface area contributed by atoms with E-state index in [-0.39, 0.29) is 0 Å². The van der Waals surface area contributed by atoms with E-state index < -0.39 is 0 Å². The number of fused-ring (bicyclic) bond motifs is 1. The van der Waals surface area contributed by atoms with Gasteiger partial charge in [0.15, 0.2) is 0 Å². The molecule has 2 aliphatic heterocycles. The molecule has 0 N–H and O–H groups in total. The minimum absolute atomic E-state index is 0.725. The predicted octanol–water partition coefficient (Wildman–Crippen LogP) is 4.62. The normalized spacial score (nSPS) is 23.0. The number of likely N-dealkylation sites (N-methyl/N-ethyl adjacent to an activating group) is 1. The fourth-order valence-electron chi connectivity index (χ4n) is 3.68. The van der Waals surface area contributed by atoms with Crippen LogP contribution in [0.5, 0.6) is 0 Å². The molecule has 2 aliphatic rings. The molecule has 1 unspecified atom stereocenters. The van der Waals surface area contributed by atoms with E-state index in [1.165, 1.54) is 38.5 Å². The van der Waals surface area contributed by atoms with Gasteiger partial charge in [-0.3, -0.25) is 4.99 Å². The first-order valence-electron chi connectivity index (χ1n) is 8.92. The van der Waals surface area contributed by atoms with E-state index in [0.29, 0.717) is 0 Å². The average Bonchev–Trinajstić information content (AvgIpc) is 2.98. The van der Waals surface area contributed by atoms with Gasteiger partial charge in [-0.1, -0.05) is 18.6 Å². The van der Waals surface area contributed by atoms with Crippen LogP contribution in [0.3, 0.4) is 0 Å². The van der Waals surface area contributed by atoms with Crippen LogP contribution in [0.2, 0.25) is 0 Å². The first-order valence-corrected chi connectivity index (χ1v) is 9.73. The second kappa shape index (κ2) is 6.41. The van der Waals surface area contributed by atoms with E-state index in [1.807, 2.05) is 11.3 Å². The van der Waals surface area contributed by atoms with Gasteiger partial charge in [-0.2, -0.15) is 0 Å². The molecule has 1 aromatic carbocycles. The number of nitrogens with zero attached hydrogens (tertiary/aromatic N) is 3. The van der Waals surface area contributed by atoms with Crippen molar-refractivity contribution in [1.82, 2.24) is 9.88 Å². The highest BCUT2D eigenvalue weighted by molar-refractivity contribution is 7.19. The van der Waals surface area contributed by atoms with Gasteiger partial charge < -0.3 is 4.90 Å². The Balaban J connectivity index is 1.68. The fourth-order valence-corrected chi connectivity index (χ4v) is 4.77. The maximum absolute atomic E-state index is 4.97. The second-order valence-electron chi connectivity index (χ2n) is 7.38. The molecule has 0 spiro atoms. The number of aromatic nitrogens is 1. The molecule has 126 valence electrons. The molecule has 3 nitrogen and oxygen atoms in total. The molecule has 2 aromatic rings. The number of aliphatic imine (C=N–C) groups is 1. The van der Waals surface area contributed by atoms with Crippen molar-refractivity contribution < 1.29 is 0 Å². The lowest BCUT2D eigenvalue weighted by molar-refractivity contribution is 0.359. The summed E-state index contributed by atoms with van der Waals surface area (Å²) in [5.74, 6) is 0.725. The zero-order chi connectivity index (χ0) is 16.7. The molecule has 4 heteroatoms. The van der Waals surface area contributed by atoms with Crippen LogP contribution in [0.15, 0.2) is 28.8 Å². The molecular formula is C20H25N3S. The summed E-state index contributed by atoms with van der Waals surface area (Å²) >= 11 is 1.84. The summed E-state index contributed by atoms with van der Waals surface area (Å²) < 4.78 is 1.29. The molecular weight excluding hydrogens is 314 g/mol. The molecule has 24 heavy (non-hydrogen) atoms. The number of rotatable bonds is 2. The lowest BCUT2D eigenvalue weighted by Gasteiger charge is -2.25.